The summed E-state index contributed by atoms with van der Waals surface area (Å²) >= 11 is -5.25. The van der Waals surface area contributed by atoms with Gasteiger partial charge in [-0.25, -0.2) is 4.52 Å². The molecule has 0 aliphatic heterocycles. The van der Waals surface area contributed by atoms with E-state index in [0.717, 1.165) is 10.8 Å². The Kier molecular flexibility index (Phi) is 5.50. The van der Waals surface area contributed by atoms with Gasteiger partial charge in [-0.1, -0.05) is 30.3 Å². The summed E-state index contributed by atoms with van der Waals surface area (Å²) in [6.07, 6.45) is 0. The minimum absolute atomic E-state index is 0.410. The van der Waals surface area contributed by atoms with E-state index in [0.29, 0.717) is 5.75 Å². The van der Waals surface area contributed by atoms with Gasteiger partial charge in [-0.2, -0.15) is 0 Å². The van der Waals surface area contributed by atoms with Crippen molar-refractivity contribution in [2.45, 2.75) is 0 Å². The zero-order chi connectivity index (χ0) is 14.5. The summed E-state index contributed by atoms with van der Waals surface area (Å²) in [5.74, 6) is 0.410. The topological polar surface area (TPSA) is 121 Å². The molecule has 7 nitrogen and oxygen atoms in total. The summed E-state index contributed by atoms with van der Waals surface area (Å²) in [5.41, 5.74) is 0. The van der Waals surface area contributed by atoms with Gasteiger partial charge in [0.2, 0.25) is 0 Å². The third-order valence-corrected chi connectivity index (χ3v) is 2.27. The summed E-state index contributed by atoms with van der Waals surface area (Å²) in [4.78, 5) is 8.56. The SMILES string of the molecule is O=[P+](O)Oc1ccc2ccccc2c1.O=[Se](=O)(O)O. The van der Waals surface area contributed by atoms with Crippen molar-refractivity contribution in [1.82, 2.24) is 0 Å². The van der Waals surface area contributed by atoms with Crippen molar-refractivity contribution < 1.29 is 30.0 Å². The molecular weight excluding hydrogens is 342 g/mol. The standard InChI is InChI=1S/C10H7O3P.H2O4Se/c11-14(12)13-10-6-5-8-3-1-2-4-9(8)7-10;1-5(2,3)4/h1-7H;(H2,1,2,3,4)/p+1. The van der Waals surface area contributed by atoms with E-state index in [1.807, 2.05) is 30.3 Å². The molecule has 3 N–H and O–H groups in total. The molecule has 0 saturated carbocycles. The van der Waals surface area contributed by atoms with Gasteiger partial charge in [-0.05, 0) is 22.9 Å². The Hall–Kier alpha value is -1.40. The third kappa shape index (κ3) is 6.93. The predicted molar refractivity (Wildman–Crippen MR) is 66.0 cm³/mol. The van der Waals surface area contributed by atoms with Crippen LogP contribution in [0.3, 0.4) is 0 Å². The molecule has 2 aromatic carbocycles. The van der Waals surface area contributed by atoms with Crippen LogP contribution in [0.2, 0.25) is 0 Å². The van der Waals surface area contributed by atoms with Crippen molar-refractivity contribution >= 4 is 32.4 Å². The number of hydrogen-bond acceptors (Lipinski definition) is 4. The first-order chi connectivity index (χ1) is 8.75. The molecule has 0 radical (unpaired) electrons. The van der Waals surface area contributed by atoms with E-state index in [-0.39, 0.29) is 0 Å². The molecule has 19 heavy (non-hydrogen) atoms. The predicted octanol–water partition coefficient (Wildman–Crippen LogP) is 1.14. The molecule has 0 aliphatic carbocycles. The molecule has 0 spiro atoms. The second-order valence-electron chi connectivity index (χ2n) is 3.29. The molecule has 1 atom stereocenters. The van der Waals surface area contributed by atoms with Crippen LogP contribution in [0, 0.1) is 0 Å². The molecule has 0 heterocycles. The van der Waals surface area contributed by atoms with E-state index in [4.69, 9.17) is 20.9 Å². The Morgan fingerprint density at radius 2 is 1.53 bits per heavy atom. The summed E-state index contributed by atoms with van der Waals surface area (Å²) in [7, 11) is -2.58. The number of rotatable bonds is 2. The van der Waals surface area contributed by atoms with Crippen molar-refractivity contribution in [3.63, 3.8) is 0 Å². The number of fused-ring (bicyclic) bond motifs is 1. The molecule has 1 unspecified atom stereocenters. The van der Waals surface area contributed by atoms with Crippen molar-refractivity contribution in [2.24, 2.45) is 0 Å². The fourth-order valence-electron chi connectivity index (χ4n) is 1.31. The summed E-state index contributed by atoms with van der Waals surface area (Å²) < 4.78 is 47.0. The second-order valence-corrected chi connectivity index (χ2v) is 5.82. The maximum atomic E-state index is 10.4. The van der Waals surface area contributed by atoms with Crippen molar-refractivity contribution in [2.75, 3.05) is 0 Å². The quantitative estimate of drug-likeness (QED) is 0.547. The molecule has 0 aliphatic rings. The average Bonchev–Trinajstić information content (AvgIpc) is 2.26. The van der Waals surface area contributed by atoms with Crippen molar-refractivity contribution in [1.29, 1.82) is 0 Å². The molecule has 102 valence electrons. The molecular formula is C10H10O7PSe+. The Bertz CT molecular complexity index is 675. The molecule has 9 heteroatoms. The first-order valence-electron chi connectivity index (χ1n) is 4.78. The van der Waals surface area contributed by atoms with E-state index in [2.05, 4.69) is 4.52 Å². The first-order valence-corrected chi connectivity index (χ1v) is 8.84. The van der Waals surface area contributed by atoms with Gasteiger partial charge < -0.3 is 0 Å². The van der Waals surface area contributed by atoms with E-state index in [1.54, 1.807) is 12.1 Å². The first kappa shape index (κ1) is 15.7. The second kappa shape index (κ2) is 6.68. The van der Waals surface area contributed by atoms with Gasteiger partial charge in [-0.3, -0.25) is 0 Å². The molecule has 0 saturated heterocycles. The van der Waals surface area contributed by atoms with E-state index in [9.17, 15) is 4.57 Å². The van der Waals surface area contributed by atoms with Gasteiger partial charge in [-0.15, -0.1) is 4.89 Å². The van der Waals surface area contributed by atoms with Crippen LogP contribution in [0.4, 0.5) is 0 Å². The van der Waals surface area contributed by atoms with E-state index < -0.39 is 21.6 Å². The average molecular weight is 352 g/mol. The Labute approximate surface area is 111 Å². The fraction of sp³-hybridized carbons (Fsp3) is 0. The van der Waals surface area contributed by atoms with Crippen molar-refractivity contribution in [3.8, 4) is 5.75 Å². The van der Waals surface area contributed by atoms with Crippen LogP contribution < -0.4 is 4.52 Å². The van der Waals surface area contributed by atoms with Crippen LogP contribution in [-0.4, -0.2) is 26.6 Å². The number of hydrogen-bond donors (Lipinski definition) is 3. The Morgan fingerprint density at radius 1 is 1.00 bits per heavy atom. The normalized spacial score (nSPS) is 11.4. The van der Waals surface area contributed by atoms with Crippen LogP contribution in [0.15, 0.2) is 42.5 Å². The van der Waals surface area contributed by atoms with Crippen molar-refractivity contribution in [3.05, 3.63) is 42.5 Å². The minimum atomic E-state index is -5.25. The molecule has 2 aromatic rings. The van der Waals surface area contributed by atoms with Crippen LogP contribution in [0.5, 0.6) is 5.75 Å². The third-order valence-electron chi connectivity index (χ3n) is 1.90. The van der Waals surface area contributed by atoms with Crippen LogP contribution in [0.1, 0.15) is 0 Å². The zero-order valence-electron chi connectivity index (χ0n) is 9.37. The molecule has 0 fully saturated rings. The van der Waals surface area contributed by atoms with Gasteiger partial charge >= 0.3 is 37.7 Å². The van der Waals surface area contributed by atoms with Gasteiger partial charge in [0.1, 0.15) is 0 Å². The Balaban J connectivity index is 0.000000312. The van der Waals surface area contributed by atoms with Gasteiger partial charge in [0.15, 0.2) is 5.75 Å². The summed E-state index contributed by atoms with van der Waals surface area (Å²) in [6.45, 7) is 0. The molecule has 0 aromatic heterocycles. The van der Waals surface area contributed by atoms with Gasteiger partial charge in [0.25, 0.3) is 0 Å². The molecule has 2 rings (SSSR count). The van der Waals surface area contributed by atoms with Crippen LogP contribution in [0.25, 0.3) is 10.8 Å². The van der Waals surface area contributed by atoms with Crippen LogP contribution >= 0.6 is 8.25 Å². The van der Waals surface area contributed by atoms with E-state index >= 15 is 0 Å². The van der Waals surface area contributed by atoms with E-state index in [1.165, 1.54) is 0 Å². The monoisotopic (exact) mass is 353 g/mol. The maximum absolute atomic E-state index is 10.4. The summed E-state index contributed by atoms with van der Waals surface area (Å²) in [5, 5.41) is 2.06. The molecule has 0 bridgehead atoms. The van der Waals surface area contributed by atoms with Gasteiger partial charge in [0.05, 0.1) is 0 Å². The zero-order valence-corrected chi connectivity index (χ0v) is 12.0. The molecule has 0 amide bonds. The van der Waals surface area contributed by atoms with Crippen LogP contribution in [-0.2, 0) is 12.2 Å². The fourth-order valence-corrected chi connectivity index (χ4v) is 1.61. The summed E-state index contributed by atoms with van der Waals surface area (Å²) in [6, 6.07) is 13.0. The number of benzene rings is 2. The van der Waals surface area contributed by atoms with Gasteiger partial charge in [0, 0.05) is 4.57 Å². The Morgan fingerprint density at radius 3 is 2.05 bits per heavy atom.